The van der Waals surface area contributed by atoms with Gasteiger partial charge in [0.1, 0.15) is 11.5 Å². The highest BCUT2D eigenvalue weighted by Crippen LogP contribution is 2.21. The predicted octanol–water partition coefficient (Wildman–Crippen LogP) is 2.70. The van der Waals surface area contributed by atoms with Gasteiger partial charge >= 0.3 is 0 Å². The number of ether oxygens (including phenoxy) is 3. The first-order chi connectivity index (χ1) is 13.1. The highest BCUT2D eigenvalue weighted by atomic mass is 16.5. The molecule has 0 atom stereocenters. The lowest BCUT2D eigenvalue weighted by Gasteiger charge is -2.10. The first-order valence-corrected chi connectivity index (χ1v) is 8.30. The number of fused-ring (bicyclic) bond motifs is 1. The molecule has 3 aromatic rings. The largest absolute Gasteiger partial charge is 0.497 e. The molecule has 0 fully saturated rings. The summed E-state index contributed by atoms with van der Waals surface area (Å²) in [5.74, 6) is 0.975. The van der Waals surface area contributed by atoms with E-state index < -0.39 is 0 Å². The topological polar surface area (TPSA) is 89.7 Å². The minimum atomic E-state index is -0.305. The van der Waals surface area contributed by atoms with E-state index in [1.165, 1.54) is 6.07 Å². The molecule has 0 radical (unpaired) electrons. The molecule has 7 nitrogen and oxygen atoms in total. The number of hydrogen-bond donors (Lipinski definition) is 2. The second-order valence-electron chi connectivity index (χ2n) is 5.86. The molecule has 0 saturated carbocycles. The van der Waals surface area contributed by atoms with Crippen molar-refractivity contribution in [2.75, 3.05) is 26.1 Å². The molecular weight excluding hydrogens is 348 g/mol. The van der Waals surface area contributed by atoms with E-state index in [2.05, 4.69) is 10.3 Å². The summed E-state index contributed by atoms with van der Waals surface area (Å²) < 4.78 is 15.7. The van der Waals surface area contributed by atoms with E-state index in [1.807, 2.05) is 6.07 Å². The van der Waals surface area contributed by atoms with Crippen LogP contribution in [0.1, 0.15) is 5.56 Å². The SMILES string of the molecule is COCc1cc(=O)[nH]c2cc(NC(=O)COc3ccc(OC)cc3)ccc12. The second kappa shape index (κ2) is 8.37. The average Bonchev–Trinajstić information content (AvgIpc) is 2.66. The Morgan fingerprint density at radius 2 is 1.78 bits per heavy atom. The van der Waals surface area contributed by atoms with E-state index in [4.69, 9.17) is 14.2 Å². The van der Waals surface area contributed by atoms with Crippen LogP contribution < -0.4 is 20.3 Å². The van der Waals surface area contributed by atoms with E-state index in [0.29, 0.717) is 29.3 Å². The van der Waals surface area contributed by atoms with Gasteiger partial charge < -0.3 is 24.5 Å². The maximum atomic E-state index is 12.1. The molecule has 0 bridgehead atoms. The Labute approximate surface area is 155 Å². The maximum Gasteiger partial charge on any atom is 0.262 e. The average molecular weight is 368 g/mol. The molecule has 0 spiro atoms. The summed E-state index contributed by atoms with van der Waals surface area (Å²) in [7, 11) is 3.16. The fourth-order valence-corrected chi connectivity index (χ4v) is 2.70. The molecule has 2 N–H and O–H groups in total. The van der Waals surface area contributed by atoms with E-state index in [1.54, 1.807) is 50.6 Å². The predicted molar refractivity (Wildman–Crippen MR) is 102 cm³/mol. The number of methoxy groups -OCH3 is 2. The minimum absolute atomic E-state index is 0.134. The number of benzene rings is 2. The Morgan fingerprint density at radius 3 is 2.48 bits per heavy atom. The molecule has 1 amide bonds. The molecule has 0 aliphatic carbocycles. The number of amides is 1. The summed E-state index contributed by atoms with van der Waals surface area (Å²) in [5, 5.41) is 3.62. The van der Waals surface area contributed by atoms with Gasteiger partial charge in [0, 0.05) is 24.2 Å². The second-order valence-corrected chi connectivity index (χ2v) is 5.86. The first-order valence-electron chi connectivity index (χ1n) is 8.30. The van der Waals surface area contributed by atoms with Gasteiger partial charge in [0.05, 0.1) is 19.2 Å². The zero-order valence-electron chi connectivity index (χ0n) is 15.1. The standard InChI is InChI=1S/C20H20N2O5/c1-25-11-13-9-19(23)22-18-10-14(3-8-17(13)18)21-20(24)12-27-16-6-4-15(26-2)5-7-16/h3-10H,11-12H2,1-2H3,(H,21,24)(H,22,23). The van der Waals surface area contributed by atoms with Gasteiger partial charge in [-0.1, -0.05) is 6.07 Å². The van der Waals surface area contributed by atoms with Crippen molar-refractivity contribution in [3.05, 3.63) is 64.4 Å². The van der Waals surface area contributed by atoms with Crippen LogP contribution in [0.15, 0.2) is 53.3 Å². The third-order valence-corrected chi connectivity index (χ3v) is 3.94. The summed E-state index contributed by atoms with van der Waals surface area (Å²) in [6, 6.07) is 13.8. The molecule has 3 rings (SSSR count). The lowest BCUT2D eigenvalue weighted by Crippen LogP contribution is -2.20. The van der Waals surface area contributed by atoms with Crippen LogP contribution in [0, 0.1) is 0 Å². The van der Waals surface area contributed by atoms with Crippen molar-refractivity contribution in [2.45, 2.75) is 6.61 Å². The number of rotatable bonds is 7. The Kier molecular flexibility index (Phi) is 5.73. The van der Waals surface area contributed by atoms with Gasteiger partial charge in [0.25, 0.3) is 5.91 Å². The van der Waals surface area contributed by atoms with E-state index >= 15 is 0 Å². The first kappa shape index (κ1) is 18.5. The van der Waals surface area contributed by atoms with Crippen molar-refractivity contribution in [3.63, 3.8) is 0 Å². The third-order valence-electron chi connectivity index (χ3n) is 3.94. The molecular formula is C20H20N2O5. The Balaban J connectivity index is 1.68. The van der Waals surface area contributed by atoms with Crippen molar-refractivity contribution in [2.24, 2.45) is 0 Å². The van der Waals surface area contributed by atoms with Crippen LogP contribution in [0.2, 0.25) is 0 Å². The lowest BCUT2D eigenvalue weighted by atomic mass is 10.1. The number of nitrogens with one attached hydrogen (secondary N) is 2. The molecule has 7 heteroatoms. The van der Waals surface area contributed by atoms with Gasteiger partial charge in [-0.2, -0.15) is 0 Å². The quantitative estimate of drug-likeness (QED) is 0.669. The van der Waals surface area contributed by atoms with Gasteiger partial charge in [-0.25, -0.2) is 0 Å². The summed E-state index contributed by atoms with van der Waals surface area (Å²) in [5.41, 5.74) is 1.76. The van der Waals surface area contributed by atoms with Crippen molar-refractivity contribution in [1.82, 2.24) is 4.98 Å². The molecule has 0 aliphatic rings. The van der Waals surface area contributed by atoms with Gasteiger partial charge in [-0.3, -0.25) is 9.59 Å². The molecule has 1 heterocycles. The fraction of sp³-hybridized carbons (Fsp3) is 0.200. The molecule has 0 unspecified atom stereocenters. The Bertz CT molecular complexity index is 995. The van der Waals surface area contributed by atoms with Crippen molar-refractivity contribution < 1.29 is 19.0 Å². The number of aromatic amines is 1. The van der Waals surface area contributed by atoms with Crippen molar-refractivity contribution in [1.29, 1.82) is 0 Å². The number of carbonyl (C=O) groups is 1. The van der Waals surface area contributed by atoms with Crippen LogP contribution >= 0.6 is 0 Å². The molecule has 140 valence electrons. The van der Waals surface area contributed by atoms with Gasteiger partial charge in [0.2, 0.25) is 5.56 Å². The number of pyridine rings is 1. The number of aromatic nitrogens is 1. The van der Waals surface area contributed by atoms with Crippen LogP contribution in [0.3, 0.4) is 0 Å². The number of carbonyl (C=O) groups excluding carboxylic acids is 1. The van der Waals surface area contributed by atoms with Crippen LogP contribution in [-0.2, 0) is 16.1 Å². The van der Waals surface area contributed by atoms with E-state index in [-0.39, 0.29) is 18.1 Å². The minimum Gasteiger partial charge on any atom is -0.497 e. The van der Waals surface area contributed by atoms with E-state index in [9.17, 15) is 9.59 Å². The van der Waals surface area contributed by atoms with Crippen LogP contribution in [0.4, 0.5) is 5.69 Å². The number of hydrogen-bond acceptors (Lipinski definition) is 5. The number of H-pyrrole nitrogens is 1. The zero-order chi connectivity index (χ0) is 19.2. The molecule has 0 aliphatic heterocycles. The highest BCUT2D eigenvalue weighted by Gasteiger charge is 2.08. The normalized spacial score (nSPS) is 10.6. The van der Waals surface area contributed by atoms with Gasteiger partial charge in [-0.05, 0) is 42.0 Å². The van der Waals surface area contributed by atoms with Gasteiger partial charge in [0.15, 0.2) is 6.61 Å². The van der Waals surface area contributed by atoms with Crippen LogP contribution in [0.25, 0.3) is 10.9 Å². The molecule has 27 heavy (non-hydrogen) atoms. The lowest BCUT2D eigenvalue weighted by molar-refractivity contribution is -0.118. The Morgan fingerprint density at radius 1 is 1.04 bits per heavy atom. The zero-order valence-corrected chi connectivity index (χ0v) is 15.1. The summed E-state index contributed by atoms with van der Waals surface area (Å²) in [4.78, 5) is 26.7. The summed E-state index contributed by atoms with van der Waals surface area (Å²) in [6.45, 7) is 0.201. The summed E-state index contributed by atoms with van der Waals surface area (Å²) >= 11 is 0. The molecule has 2 aromatic carbocycles. The van der Waals surface area contributed by atoms with E-state index in [0.717, 1.165) is 10.9 Å². The van der Waals surface area contributed by atoms with Crippen LogP contribution in [0.5, 0.6) is 11.5 Å². The Hall–Kier alpha value is -3.32. The van der Waals surface area contributed by atoms with Crippen molar-refractivity contribution in [3.8, 4) is 11.5 Å². The highest BCUT2D eigenvalue weighted by molar-refractivity contribution is 5.94. The third kappa shape index (κ3) is 4.65. The maximum absolute atomic E-state index is 12.1. The van der Waals surface area contributed by atoms with Crippen LogP contribution in [-0.4, -0.2) is 31.7 Å². The molecule has 0 saturated heterocycles. The number of anilines is 1. The van der Waals surface area contributed by atoms with Crippen molar-refractivity contribution >= 4 is 22.5 Å². The fourth-order valence-electron chi connectivity index (χ4n) is 2.70. The smallest absolute Gasteiger partial charge is 0.262 e. The van der Waals surface area contributed by atoms with Gasteiger partial charge in [-0.15, -0.1) is 0 Å². The molecule has 1 aromatic heterocycles. The monoisotopic (exact) mass is 368 g/mol. The summed E-state index contributed by atoms with van der Waals surface area (Å²) in [6.07, 6.45) is 0.